The minimum Gasteiger partial charge on any atom is -0.373 e. The summed E-state index contributed by atoms with van der Waals surface area (Å²) in [5.41, 5.74) is 23.4. The first kappa shape index (κ1) is 31.9. The van der Waals surface area contributed by atoms with Crippen molar-refractivity contribution in [1.82, 2.24) is 0 Å². The maximum Gasteiger partial charge on any atom is 1.00 e. The van der Waals surface area contributed by atoms with Gasteiger partial charge in [0.1, 0.15) is 0 Å². The summed E-state index contributed by atoms with van der Waals surface area (Å²) in [5, 5.41) is 0. The Bertz CT molecular complexity index is 1050. The van der Waals surface area contributed by atoms with Crippen LogP contribution in [0.4, 0.5) is 0 Å². The number of hydrogen-bond donors (Lipinski definition) is 0. The van der Waals surface area contributed by atoms with E-state index in [1.807, 2.05) is 13.8 Å². The molecule has 152 valence electrons. The van der Waals surface area contributed by atoms with E-state index in [1.54, 1.807) is 24.3 Å². The standard InChI is InChI=1S/C7H7ClO2S.C7H7N3O2S.CH4.N3.Na/c1-6-2-4-7(5-3-6)11(8,9)10;1-6-2-4-7(5-3-6)13(11,12)10-9-8;;1-3-2;/h2-5H,1H3;2-5H,1H3;1H4;;/q;;;-1;+1. The summed E-state index contributed by atoms with van der Waals surface area (Å²) in [5.74, 6) is 0. The van der Waals surface area contributed by atoms with Crippen LogP contribution in [-0.4, -0.2) is 16.8 Å². The largest absolute Gasteiger partial charge is 1.00 e. The predicted molar refractivity (Wildman–Crippen MR) is 109 cm³/mol. The summed E-state index contributed by atoms with van der Waals surface area (Å²) in [6.07, 6.45) is 0. The molecular weight excluding hydrogens is 451 g/mol. The average molecular weight is 469 g/mol. The summed E-state index contributed by atoms with van der Waals surface area (Å²) in [4.78, 5) is 3.90. The molecule has 0 aliphatic rings. The van der Waals surface area contributed by atoms with E-state index in [1.165, 1.54) is 29.2 Å². The van der Waals surface area contributed by atoms with Crippen molar-refractivity contribution >= 4 is 29.8 Å². The minimum absolute atomic E-state index is 0. The van der Waals surface area contributed by atoms with Crippen LogP contribution in [0.2, 0.25) is 0 Å². The zero-order valence-electron chi connectivity index (χ0n) is 15.1. The number of rotatable bonds is 3. The van der Waals surface area contributed by atoms with Crippen LogP contribution in [-0.2, 0) is 19.1 Å². The second kappa shape index (κ2) is 15.1. The van der Waals surface area contributed by atoms with Gasteiger partial charge in [0.2, 0.25) is 0 Å². The molecule has 0 bridgehead atoms. The quantitative estimate of drug-likeness (QED) is 0.221. The van der Waals surface area contributed by atoms with E-state index in [-0.39, 0.29) is 46.8 Å². The number of benzene rings is 2. The van der Waals surface area contributed by atoms with Crippen LogP contribution >= 0.6 is 10.7 Å². The number of sulfonamides is 1. The van der Waals surface area contributed by atoms with Crippen LogP contribution < -0.4 is 29.6 Å². The zero-order chi connectivity index (χ0) is 21.1. The van der Waals surface area contributed by atoms with Crippen molar-refractivity contribution in [3.05, 3.63) is 86.1 Å². The molecule has 0 aromatic heterocycles. The van der Waals surface area contributed by atoms with E-state index >= 15 is 0 Å². The molecule has 0 amide bonds. The van der Waals surface area contributed by atoms with Gasteiger partial charge in [-0.3, -0.25) is 4.91 Å². The molecule has 0 saturated heterocycles. The Hall–Kier alpha value is -1.75. The molecule has 2 aromatic carbocycles. The van der Waals surface area contributed by atoms with Crippen molar-refractivity contribution in [1.29, 1.82) is 0 Å². The van der Waals surface area contributed by atoms with Gasteiger partial charge in [0.15, 0.2) is 0 Å². The van der Waals surface area contributed by atoms with Crippen LogP contribution in [0.25, 0.3) is 26.4 Å². The van der Waals surface area contributed by atoms with Gasteiger partial charge in [0.25, 0.3) is 19.1 Å². The topological polar surface area (TPSA) is 176 Å². The number of azide groups is 1. The third-order valence-corrected chi connectivity index (χ3v) is 5.29. The molecule has 2 rings (SSSR count). The molecule has 0 radical (unpaired) electrons. The van der Waals surface area contributed by atoms with Gasteiger partial charge in [0, 0.05) is 20.1 Å². The van der Waals surface area contributed by atoms with Crippen molar-refractivity contribution in [3.8, 4) is 0 Å². The molecule has 10 nitrogen and oxygen atoms in total. The average Bonchev–Trinajstić information content (AvgIpc) is 2.56. The SMILES string of the molecule is C.Cc1ccc(S(=O)(=O)Cl)cc1.Cc1ccc(S(=O)(=O)N=[N+]=[N-])cc1.[N-]=[N+]=[N-].[Na+]. The molecule has 0 unspecified atom stereocenters. The van der Waals surface area contributed by atoms with E-state index in [9.17, 15) is 16.8 Å². The van der Waals surface area contributed by atoms with Crippen molar-refractivity contribution in [3.63, 3.8) is 0 Å². The van der Waals surface area contributed by atoms with E-state index in [4.69, 9.17) is 27.3 Å². The molecular formula is C15H18ClN6NaO4S2. The fraction of sp³-hybridized carbons (Fsp3) is 0.200. The van der Waals surface area contributed by atoms with Gasteiger partial charge in [-0.15, -0.1) is 0 Å². The van der Waals surface area contributed by atoms with Gasteiger partial charge >= 0.3 is 29.6 Å². The molecule has 0 aliphatic heterocycles. The van der Waals surface area contributed by atoms with Crippen LogP contribution in [0, 0.1) is 13.8 Å². The van der Waals surface area contributed by atoms with Gasteiger partial charge in [0.05, 0.1) is 9.79 Å². The smallest absolute Gasteiger partial charge is 0.373 e. The van der Waals surface area contributed by atoms with Crippen molar-refractivity contribution in [2.24, 2.45) is 4.52 Å². The van der Waals surface area contributed by atoms with Gasteiger partial charge in [-0.25, -0.2) is 16.8 Å². The van der Waals surface area contributed by atoms with Gasteiger partial charge < -0.3 is 11.1 Å². The first-order valence-corrected chi connectivity index (χ1v) is 10.6. The van der Waals surface area contributed by atoms with E-state index in [0.717, 1.165) is 11.1 Å². The Morgan fingerprint density at radius 2 is 1.10 bits per heavy atom. The zero-order valence-corrected chi connectivity index (χ0v) is 19.5. The van der Waals surface area contributed by atoms with E-state index in [2.05, 4.69) is 9.43 Å². The third-order valence-electron chi connectivity index (χ3n) is 2.77. The minimum atomic E-state index is -3.82. The summed E-state index contributed by atoms with van der Waals surface area (Å²) < 4.78 is 46.4. The molecule has 29 heavy (non-hydrogen) atoms. The molecule has 0 aliphatic carbocycles. The molecule has 0 fully saturated rings. The van der Waals surface area contributed by atoms with Crippen LogP contribution in [0.15, 0.2) is 62.8 Å². The maximum absolute atomic E-state index is 11.1. The number of nitrogens with zero attached hydrogens (tertiary/aromatic N) is 6. The Kier molecular flexibility index (Phi) is 16.7. The fourth-order valence-corrected chi connectivity index (χ4v) is 2.95. The number of halogens is 1. The van der Waals surface area contributed by atoms with Gasteiger partial charge in [-0.2, -0.15) is 0 Å². The molecule has 0 spiro atoms. The predicted octanol–water partition coefficient (Wildman–Crippen LogP) is 2.42. The summed E-state index contributed by atoms with van der Waals surface area (Å²) in [7, 11) is -2.28. The Balaban J connectivity index is -0.000000390. The first-order chi connectivity index (χ1) is 12.5. The Morgan fingerprint density at radius 3 is 1.38 bits per heavy atom. The van der Waals surface area contributed by atoms with Gasteiger partial charge in [-0.05, 0) is 43.6 Å². The van der Waals surface area contributed by atoms with Crippen LogP contribution in [0.3, 0.4) is 0 Å². The summed E-state index contributed by atoms with van der Waals surface area (Å²) in [6.45, 7) is 3.72. The molecule has 0 saturated carbocycles. The van der Waals surface area contributed by atoms with Crippen LogP contribution in [0.1, 0.15) is 18.6 Å². The molecule has 0 N–H and O–H groups in total. The Labute approximate surface area is 196 Å². The van der Waals surface area contributed by atoms with Crippen molar-refractivity contribution in [2.75, 3.05) is 0 Å². The second-order valence-electron chi connectivity index (χ2n) is 4.80. The summed E-state index contributed by atoms with van der Waals surface area (Å²) in [6, 6.07) is 12.5. The molecule has 2 aromatic rings. The number of hydrogen-bond acceptors (Lipinski definition) is 4. The monoisotopic (exact) mass is 468 g/mol. The van der Waals surface area contributed by atoms with Crippen molar-refractivity contribution < 1.29 is 46.4 Å². The fourth-order valence-electron chi connectivity index (χ4n) is 1.51. The van der Waals surface area contributed by atoms with E-state index in [0.29, 0.717) is 0 Å². The Morgan fingerprint density at radius 1 is 0.793 bits per heavy atom. The second-order valence-corrected chi connectivity index (χ2v) is 8.95. The molecule has 0 atom stereocenters. The first-order valence-electron chi connectivity index (χ1n) is 6.85. The number of aryl methyl sites for hydroxylation is 2. The summed E-state index contributed by atoms with van der Waals surface area (Å²) >= 11 is 0. The van der Waals surface area contributed by atoms with E-state index < -0.39 is 19.1 Å². The van der Waals surface area contributed by atoms with Gasteiger partial charge in [-0.1, -0.05) is 42.8 Å². The normalized spacial score (nSPS) is 9.34. The van der Waals surface area contributed by atoms with Crippen molar-refractivity contribution in [2.45, 2.75) is 31.1 Å². The molecule has 14 heteroatoms. The third kappa shape index (κ3) is 13.2. The molecule has 0 heterocycles. The maximum atomic E-state index is 11.1. The van der Waals surface area contributed by atoms with Crippen LogP contribution in [0.5, 0.6) is 0 Å².